The second-order valence-electron chi connectivity index (χ2n) is 7.71. The number of benzene rings is 1. The summed E-state index contributed by atoms with van der Waals surface area (Å²) in [6.07, 6.45) is 12.2. The van der Waals surface area contributed by atoms with Gasteiger partial charge in [0.15, 0.2) is 5.82 Å². The summed E-state index contributed by atoms with van der Waals surface area (Å²) in [6, 6.07) is 8.18. The number of hydrogen-bond donors (Lipinski definition) is 2. The van der Waals surface area contributed by atoms with Gasteiger partial charge >= 0.3 is 0 Å². The van der Waals surface area contributed by atoms with E-state index in [9.17, 15) is 0 Å². The lowest BCUT2D eigenvalue weighted by Crippen LogP contribution is -2.09. The lowest BCUT2D eigenvalue weighted by Gasteiger charge is -2.11. The van der Waals surface area contributed by atoms with E-state index in [2.05, 4.69) is 50.5 Å². The number of aryl methyl sites for hydroxylation is 3. The van der Waals surface area contributed by atoms with E-state index < -0.39 is 0 Å². The largest absolute Gasteiger partial charge is 0.391 e. The molecule has 1 aromatic carbocycles. The number of para-hydroxylation sites is 1. The van der Waals surface area contributed by atoms with Gasteiger partial charge in [0.1, 0.15) is 11.3 Å². The van der Waals surface area contributed by atoms with Crippen LogP contribution in [0.1, 0.15) is 44.1 Å². The van der Waals surface area contributed by atoms with Gasteiger partial charge in [0.25, 0.3) is 0 Å². The van der Waals surface area contributed by atoms with Crippen molar-refractivity contribution in [3.8, 4) is 0 Å². The molecule has 0 fully saturated rings. The number of aromatic nitrogens is 5. The molecule has 7 heteroatoms. The van der Waals surface area contributed by atoms with Gasteiger partial charge in [0.2, 0.25) is 0 Å². The summed E-state index contributed by atoms with van der Waals surface area (Å²) in [6.45, 7) is 9.71. The molecule has 0 radical (unpaired) electrons. The van der Waals surface area contributed by atoms with Crippen molar-refractivity contribution in [3.63, 3.8) is 0 Å². The van der Waals surface area contributed by atoms with Crippen molar-refractivity contribution in [2.75, 3.05) is 12.3 Å². The van der Waals surface area contributed by atoms with Crippen molar-refractivity contribution >= 4 is 27.8 Å². The molecule has 32 heavy (non-hydrogen) atoms. The molecule has 0 aliphatic heterocycles. The topological polar surface area (TPSA) is 94.5 Å². The number of unbranched alkanes of at least 4 members (excludes halogenated alkanes) is 2. The fourth-order valence-corrected chi connectivity index (χ4v) is 3.64. The lowest BCUT2D eigenvalue weighted by atomic mass is 10.2. The molecular weight excluding hydrogens is 398 g/mol. The maximum Gasteiger partial charge on any atom is 0.152 e. The van der Waals surface area contributed by atoms with E-state index in [-0.39, 0.29) is 0 Å². The Kier molecular flexibility index (Phi) is 8.54. The molecule has 0 bridgehead atoms. The minimum atomic E-state index is 0.526. The highest BCUT2D eigenvalue weighted by Crippen LogP contribution is 2.29. The minimum absolute atomic E-state index is 0.526. The van der Waals surface area contributed by atoms with Crippen molar-refractivity contribution in [1.82, 2.24) is 29.8 Å². The smallest absolute Gasteiger partial charge is 0.152 e. The number of nitrogens with one attached hydrogen (secondary N) is 1. The molecule has 7 nitrogen and oxygen atoms in total. The number of anilines is 1. The number of nitrogens with zero attached hydrogens (tertiary/aromatic N) is 5. The average molecular weight is 432 g/mol. The second-order valence-corrected chi connectivity index (χ2v) is 7.71. The van der Waals surface area contributed by atoms with Crippen LogP contribution in [-0.4, -0.2) is 31.0 Å². The molecule has 0 amide bonds. The van der Waals surface area contributed by atoms with Crippen LogP contribution in [-0.2, 0) is 13.0 Å². The summed E-state index contributed by atoms with van der Waals surface area (Å²) in [5.74, 6) is 1.65. The Morgan fingerprint density at radius 3 is 2.66 bits per heavy atom. The van der Waals surface area contributed by atoms with Gasteiger partial charge in [-0.2, -0.15) is 0 Å². The summed E-state index contributed by atoms with van der Waals surface area (Å²) in [4.78, 5) is 17.1. The van der Waals surface area contributed by atoms with E-state index >= 15 is 0 Å². The fourth-order valence-electron chi connectivity index (χ4n) is 3.64. The van der Waals surface area contributed by atoms with E-state index in [1.807, 2.05) is 19.1 Å². The first-order valence-electron chi connectivity index (χ1n) is 11.3. The summed E-state index contributed by atoms with van der Waals surface area (Å²) < 4.78 is 2.36. The number of rotatable bonds is 9. The molecule has 4 aromatic rings. The molecule has 0 aliphatic rings. The Bertz CT molecular complexity index is 1140. The predicted octanol–water partition coefficient (Wildman–Crippen LogP) is 4.81. The van der Waals surface area contributed by atoms with Gasteiger partial charge in [-0.05, 0) is 38.5 Å². The number of imidazole rings is 1. The number of pyridine rings is 1. The molecule has 0 atom stereocenters. The van der Waals surface area contributed by atoms with Crippen molar-refractivity contribution in [1.29, 1.82) is 0 Å². The molecule has 0 aliphatic carbocycles. The van der Waals surface area contributed by atoms with Gasteiger partial charge in [0.05, 0.1) is 16.7 Å². The Morgan fingerprint density at radius 1 is 1.12 bits per heavy atom. The van der Waals surface area contributed by atoms with Crippen molar-refractivity contribution < 1.29 is 0 Å². The molecular formula is C25H33N7. The van der Waals surface area contributed by atoms with Gasteiger partial charge in [0, 0.05) is 43.5 Å². The van der Waals surface area contributed by atoms with Crippen LogP contribution < -0.4 is 11.1 Å². The second kappa shape index (κ2) is 11.8. The molecule has 3 N–H and O–H groups in total. The van der Waals surface area contributed by atoms with E-state index in [1.165, 1.54) is 0 Å². The standard InChI is InChI=1S/C20H27N5.C5H6N2/c1-3-5-12-17-24-18-19(25(17)14-9-8-13-22-4-2)15-10-6-7-11-16(15)23-20(18)21;1-5-4-6-2-3-7-5/h4,6-7,10-11,22H,2-3,5,8-9,12-14H2,1H3,(H2,21,23);2-4H,1H3. The monoisotopic (exact) mass is 431 g/mol. The maximum absolute atomic E-state index is 6.22. The normalized spacial score (nSPS) is 10.7. The first-order chi connectivity index (χ1) is 15.7. The van der Waals surface area contributed by atoms with Crippen LogP contribution in [0.4, 0.5) is 5.82 Å². The highest BCUT2D eigenvalue weighted by Gasteiger charge is 2.16. The van der Waals surface area contributed by atoms with Gasteiger partial charge in [-0.25, -0.2) is 9.97 Å². The molecule has 3 aromatic heterocycles. The van der Waals surface area contributed by atoms with Crippen LogP contribution in [0.5, 0.6) is 0 Å². The SMILES string of the molecule is C=CNCCCCn1c(CCCC)nc2c(N)nc3ccccc3c21.Cc1cnccn1. The number of nitrogen functional groups attached to an aromatic ring is 1. The molecule has 3 heterocycles. The number of nitrogens with two attached hydrogens (primary N) is 1. The van der Waals surface area contributed by atoms with E-state index in [0.29, 0.717) is 5.82 Å². The molecule has 4 rings (SSSR count). The van der Waals surface area contributed by atoms with Crippen LogP contribution in [0.2, 0.25) is 0 Å². The fraction of sp³-hybridized carbons (Fsp3) is 0.360. The molecule has 0 unspecified atom stereocenters. The summed E-state index contributed by atoms with van der Waals surface area (Å²) in [7, 11) is 0. The maximum atomic E-state index is 6.22. The Hall–Kier alpha value is -3.48. The van der Waals surface area contributed by atoms with Crippen LogP contribution >= 0.6 is 0 Å². The van der Waals surface area contributed by atoms with Gasteiger partial charge < -0.3 is 15.6 Å². The van der Waals surface area contributed by atoms with E-state index in [4.69, 9.17) is 10.7 Å². The third kappa shape index (κ3) is 5.81. The first kappa shape index (κ1) is 23.2. The van der Waals surface area contributed by atoms with Crippen molar-refractivity contribution in [2.24, 2.45) is 0 Å². The first-order valence-corrected chi connectivity index (χ1v) is 11.3. The molecule has 0 saturated heterocycles. The van der Waals surface area contributed by atoms with Gasteiger partial charge in [-0.15, -0.1) is 0 Å². The van der Waals surface area contributed by atoms with Crippen molar-refractivity contribution in [2.45, 2.75) is 52.5 Å². The Labute approximate surface area is 189 Å². The lowest BCUT2D eigenvalue weighted by molar-refractivity contribution is 0.581. The minimum Gasteiger partial charge on any atom is -0.391 e. The number of hydrogen-bond acceptors (Lipinski definition) is 6. The van der Waals surface area contributed by atoms with Gasteiger partial charge in [-0.1, -0.05) is 38.1 Å². The Balaban J connectivity index is 0.000000352. The quantitative estimate of drug-likeness (QED) is 0.369. The van der Waals surface area contributed by atoms with Crippen LogP contribution in [0.15, 0.2) is 55.6 Å². The highest BCUT2D eigenvalue weighted by atomic mass is 15.1. The van der Waals surface area contributed by atoms with Gasteiger partial charge in [-0.3, -0.25) is 9.97 Å². The Morgan fingerprint density at radius 2 is 1.97 bits per heavy atom. The van der Waals surface area contributed by atoms with Crippen LogP contribution in [0.3, 0.4) is 0 Å². The molecule has 168 valence electrons. The van der Waals surface area contributed by atoms with E-state index in [0.717, 1.165) is 78.6 Å². The van der Waals surface area contributed by atoms with Crippen molar-refractivity contribution in [3.05, 3.63) is 67.2 Å². The third-order valence-corrected chi connectivity index (χ3v) is 5.23. The summed E-state index contributed by atoms with van der Waals surface area (Å²) in [5.41, 5.74) is 10.1. The van der Waals surface area contributed by atoms with E-state index in [1.54, 1.807) is 24.8 Å². The zero-order valence-electron chi connectivity index (χ0n) is 19.1. The van der Waals surface area contributed by atoms with Crippen LogP contribution in [0, 0.1) is 6.92 Å². The molecule has 0 saturated carbocycles. The average Bonchev–Trinajstić information content (AvgIpc) is 3.18. The zero-order valence-corrected chi connectivity index (χ0v) is 19.1. The summed E-state index contributed by atoms with van der Waals surface area (Å²) >= 11 is 0. The summed E-state index contributed by atoms with van der Waals surface area (Å²) in [5, 5.41) is 4.29. The third-order valence-electron chi connectivity index (χ3n) is 5.23. The highest BCUT2D eigenvalue weighted by molar-refractivity contribution is 6.06. The van der Waals surface area contributed by atoms with Crippen LogP contribution in [0.25, 0.3) is 21.9 Å². The number of fused-ring (bicyclic) bond motifs is 3. The predicted molar refractivity (Wildman–Crippen MR) is 132 cm³/mol. The zero-order chi connectivity index (χ0) is 22.8. The molecule has 0 spiro atoms.